The minimum atomic E-state index is -0.640. The van der Waals surface area contributed by atoms with E-state index in [1.54, 1.807) is 17.0 Å². The van der Waals surface area contributed by atoms with E-state index in [1.165, 1.54) is 0 Å². The van der Waals surface area contributed by atoms with Crippen LogP contribution in [0.2, 0.25) is 0 Å². The van der Waals surface area contributed by atoms with Gasteiger partial charge in [0.05, 0.1) is 0 Å². The Morgan fingerprint density at radius 2 is 1.78 bits per heavy atom. The summed E-state index contributed by atoms with van der Waals surface area (Å²) in [5.41, 5.74) is 3.92. The zero-order valence-electron chi connectivity index (χ0n) is 19.2. The number of anilines is 1. The van der Waals surface area contributed by atoms with Crippen LogP contribution in [0.4, 0.5) is 10.5 Å². The summed E-state index contributed by atoms with van der Waals surface area (Å²) >= 11 is 0. The van der Waals surface area contributed by atoms with E-state index in [-0.39, 0.29) is 35.3 Å². The molecule has 1 aromatic carbocycles. The zero-order chi connectivity index (χ0) is 23.0. The van der Waals surface area contributed by atoms with E-state index in [0.717, 1.165) is 28.9 Å². The van der Waals surface area contributed by atoms with Crippen LogP contribution in [0.3, 0.4) is 0 Å². The summed E-state index contributed by atoms with van der Waals surface area (Å²) in [6.07, 6.45) is 0.980. The molecule has 0 aliphatic carbocycles. The van der Waals surface area contributed by atoms with E-state index in [4.69, 9.17) is 0 Å². The van der Waals surface area contributed by atoms with Crippen LogP contribution in [0.15, 0.2) is 41.2 Å². The molecule has 2 aromatic rings. The fourth-order valence-electron chi connectivity index (χ4n) is 4.92. The molecule has 170 valence electrons. The number of likely N-dealkylation sites (tertiary alicyclic amines) is 1. The molecule has 3 amide bonds. The van der Waals surface area contributed by atoms with Gasteiger partial charge in [-0.2, -0.15) is 0 Å². The molecule has 2 aliphatic heterocycles. The van der Waals surface area contributed by atoms with Gasteiger partial charge in [0.1, 0.15) is 6.04 Å². The maximum Gasteiger partial charge on any atom is 0.318 e. The first-order valence-electron chi connectivity index (χ1n) is 11.4. The lowest BCUT2D eigenvalue weighted by atomic mass is 9.83. The van der Waals surface area contributed by atoms with Gasteiger partial charge in [-0.3, -0.25) is 9.59 Å². The molecule has 1 fully saturated rings. The highest BCUT2D eigenvalue weighted by atomic mass is 16.2. The molecule has 7 heteroatoms. The first-order chi connectivity index (χ1) is 15.2. The van der Waals surface area contributed by atoms with Crippen molar-refractivity contribution in [2.24, 2.45) is 11.8 Å². The van der Waals surface area contributed by atoms with Crippen molar-refractivity contribution in [3.05, 3.63) is 63.6 Å². The number of rotatable bonds is 4. The predicted molar refractivity (Wildman–Crippen MR) is 125 cm³/mol. The molecule has 2 aliphatic rings. The minimum absolute atomic E-state index is 0.0260. The van der Waals surface area contributed by atoms with Crippen molar-refractivity contribution in [3.8, 4) is 0 Å². The second-order valence-corrected chi connectivity index (χ2v) is 9.51. The Hall–Kier alpha value is -3.09. The summed E-state index contributed by atoms with van der Waals surface area (Å²) < 4.78 is 1.85. The van der Waals surface area contributed by atoms with Crippen LogP contribution < -0.4 is 16.2 Å². The Kier molecular flexibility index (Phi) is 6.09. The molecule has 1 aromatic heterocycles. The highest BCUT2D eigenvalue weighted by Crippen LogP contribution is 2.35. The first-order valence-corrected chi connectivity index (χ1v) is 11.4. The SMILES string of the molecule is Cc1cccc(NC(=O)[C@@H](NC(=O)N2CC3CC(C2)c2cccc(=O)n2C3)C(C)C)c1C. The zero-order valence-corrected chi connectivity index (χ0v) is 19.2. The number of benzene rings is 1. The molecule has 0 saturated carbocycles. The first kappa shape index (κ1) is 22.1. The standard InChI is InChI=1S/C25H32N4O3/c1-15(2)23(24(31)26-20-8-5-7-16(3)17(20)4)27-25(32)28-12-18-11-19(14-28)21-9-6-10-22(30)29(21)13-18/h5-10,15,18-19,23H,11-14H2,1-4H3,(H,26,31)(H,27,32)/t18?,19?,23-/m0/s1. The second kappa shape index (κ2) is 8.81. The molecule has 2 N–H and O–H groups in total. The summed E-state index contributed by atoms with van der Waals surface area (Å²) in [7, 11) is 0. The number of urea groups is 1. The number of carbonyl (C=O) groups excluding carboxylic acids is 2. The van der Waals surface area contributed by atoms with Gasteiger partial charge in [-0.1, -0.05) is 32.0 Å². The molecule has 32 heavy (non-hydrogen) atoms. The van der Waals surface area contributed by atoms with Crippen LogP contribution in [0.5, 0.6) is 0 Å². The number of fused-ring (bicyclic) bond motifs is 4. The van der Waals surface area contributed by atoms with Crippen molar-refractivity contribution in [1.82, 2.24) is 14.8 Å². The van der Waals surface area contributed by atoms with Crippen molar-refractivity contribution in [2.75, 3.05) is 18.4 Å². The van der Waals surface area contributed by atoms with Gasteiger partial charge in [-0.25, -0.2) is 4.79 Å². The topological polar surface area (TPSA) is 83.4 Å². The highest BCUT2D eigenvalue weighted by molar-refractivity contribution is 5.97. The van der Waals surface area contributed by atoms with E-state index in [1.807, 2.05) is 56.5 Å². The number of amides is 3. The van der Waals surface area contributed by atoms with Crippen molar-refractivity contribution < 1.29 is 9.59 Å². The van der Waals surface area contributed by atoms with Crippen LogP contribution in [-0.2, 0) is 11.3 Å². The van der Waals surface area contributed by atoms with Gasteiger partial charge in [-0.05, 0) is 55.4 Å². The third-order valence-electron chi connectivity index (χ3n) is 6.86. The lowest BCUT2D eigenvalue weighted by Gasteiger charge is -2.43. The fourth-order valence-corrected chi connectivity index (χ4v) is 4.92. The van der Waals surface area contributed by atoms with Gasteiger partial charge >= 0.3 is 6.03 Å². The van der Waals surface area contributed by atoms with Gasteiger partial charge in [0.15, 0.2) is 0 Å². The molecule has 0 radical (unpaired) electrons. The minimum Gasteiger partial charge on any atom is -0.326 e. The average Bonchev–Trinajstić information content (AvgIpc) is 2.75. The summed E-state index contributed by atoms with van der Waals surface area (Å²) in [6.45, 7) is 9.62. The van der Waals surface area contributed by atoms with Gasteiger partial charge in [0.2, 0.25) is 5.91 Å². The molecule has 4 rings (SSSR count). The molecule has 7 nitrogen and oxygen atoms in total. The number of aryl methyl sites for hydroxylation is 1. The number of nitrogens with one attached hydrogen (secondary N) is 2. The number of piperidine rings is 1. The summed E-state index contributed by atoms with van der Waals surface area (Å²) in [5, 5.41) is 5.96. The fraction of sp³-hybridized carbons (Fsp3) is 0.480. The normalized spacial score (nSPS) is 20.5. The molecule has 3 heterocycles. The van der Waals surface area contributed by atoms with Crippen molar-refractivity contribution >= 4 is 17.6 Å². The van der Waals surface area contributed by atoms with E-state index in [9.17, 15) is 14.4 Å². The van der Waals surface area contributed by atoms with Crippen LogP contribution in [0.1, 0.15) is 43.0 Å². The third kappa shape index (κ3) is 4.29. The highest BCUT2D eigenvalue weighted by Gasteiger charge is 2.37. The van der Waals surface area contributed by atoms with Gasteiger partial charge in [0.25, 0.3) is 5.56 Å². The molecule has 0 spiro atoms. The van der Waals surface area contributed by atoms with E-state index >= 15 is 0 Å². The monoisotopic (exact) mass is 436 g/mol. The van der Waals surface area contributed by atoms with E-state index in [2.05, 4.69) is 10.6 Å². The molecule has 2 bridgehead atoms. The number of hydrogen-bond acceptors (Lipinski definition) is 3. The molecule has 1 saturated heterocycles. The van der Waals surface area contributed by atoms with Gasteiger partial charge in [-0.15, -0.1) is 0 Å². The van der Waals surface area contributed by atoms with Crippen molar-refractivity contribution in [2.45, 2.75) is 52.6 Å². The Morgan fingerprint density at radius 3 is 2.53 bits per heavy atom. The lowest BCUT2D eigenvalue weighted by molar-refractivity contribution is -0.118. The maximum absolute atomic E-state index is 13.2. The van der Waals surface area contributed by atoms with E-state index < -0.39 is 6.04 Å². The number of aromatic nitrogens is 1. The Morgan fingerprint density at radius 1 is 1.03 bits per heavy atom. The van der Waals surface area contributed by atoms with Crippen LogP contribution in [-0.4, -0.2) is 40.5 Å². The van der Waals surface area contributed by atoms with Crippen molar-refractivity contribution in [3.63, 3.8) is 0 Å². The summed E-state index contributed by atoms with van der Waals surface area (Å²) in [5.74, 6) is 0.112. The van der Waals surface area contributed by atoms with Crippen LogP contribution in [0, 0.1) is 25.7 Å². The number of pyridine rings is 1. The van der Waals surface area contributed by atoms with Gasteiger partial charge < -0.3 is 20.1 Å². The summed E-state index contributed by atoms with van der Waals surface area (Å²) in [6, 6.07) is 10.3. The van der Waals surface area contributed by atoms with Crippen LogP contribution >= 0.6 is 0 Å². The smallest absolute Gasteiger partial charge is 0.318 e. The summed E-state index contributed by atoms with van der Waals surface area (Å²) in [4.78, 5) is 40.3. The number of carbonyl (C=O) groups is 2. The Bertz CT molecular complexity index is 1090. The largest absolute Gasteiger partial charge is 0.326 e. The Balaban J connectivity index is 1.46. The second-order valence-electron chi connectivity index (χ2n) is 9.51. The maximum atomic E-state index is 13.2. The third-order valence-corrected chi connectivity index (χ3v) is 6.86. The molecule has 3 atom stereocenters. The molecular weight excluding hydrogens is 404 g/mol. The molecule has 2 unspecified atom stereocenters. The van der Waals surface area contributed by atoms with Crippen molar-refractivity contribution in [1.29, 1.82) is 0 Å². The quantitative estimate of drug-likeness (QED) is 0.772. The van der Waals surface area contributed by atoms with Crippen LogP contribution in [0.25, 0.3) is 0 Å². The lowest BCUT2D eigenvalue weighted by Crippen LogP contribution is -2.56. The predicted octanol–water partition coefficient (Wildman–Crippen LogP) is 3.26. The number of hydrogen-bond donors (Lipinski definition) is 2. The number of nitrogens with zero attached hydrogens (tertiary/aromatic N) is 2. The molecular formula is C25H32N4O3. The Labute approximate surface area is 188 Å². The van der Waals surface area contributed by atoms with Gasteiger partial charge in [0, 0.05) is 43.0 Å². The average molecular weight is 437 g/mol. The van der Waals surface area contributed by atoms with E-state index in [0.29, 0.717) is 19.6 Å².